The summed E-state index contributed by atoms with van der Waals surface area (Å²) in [6, 6.07) is 13.0. The lowest BCUT2D eigenvalue weighted by molar-refractivity contribution is -0.117. The van der Waals surface area contributed by atoms with Gasteiger partial charge in [0, 0.05) is 10.4 Å². The van der Waals surface area contributed by atoms with Crippen molar-refractivity contribution in [2.45, 2.75) is 32.6 Å². The van der Waals surface area contributed by atoms with E-state index in [0.717, 1.165) is 28.1 Å². The van der Waals surface area contributed by atoms with Crippen LogP contribution in [0.3, 0.4) is 0 Å². The molecular formula is C23H23N3O3S. The van der Waals surface area contributed by atoms with Gasteiger partial charge in [0.05, 0.1) is 24.4 Å². The third-order valence-electron chi connectivity index (χ3n) is 5.18. The standard InChI is InChI=1S/C23H23N3O3S/c1-13-4-7-15(8-5-13)21(27)26-23-25-20-16(9-11-19(20)30-23)22(28)24-17-12-14(2)6-10-18(17)29-3/h4-8,10,12,16H,9,11H2,1-3H3,(H,24,28)(H,25,26,27). The number of aryl methyl sites for hydroxylation is 3. The minimum absolute atomic E-state index is 0.112. The van der Waals surface area contributed by atoms with E-state index in [1.165, 1.54) is 11.3 Å². The number of fused-ring (bicyclic) bond motifs is 1. The number of nitrogens with one attached hydrogen (secondary N) is 2. The van der Waals surface area contributed by atoms with Crippen molar-refractivity contribution in [3.8, 4) is 5.75 Å². The van der Waals surface area contributed by atoms with Gasteiger partial charge in [-0.2, -0.15) is 0 Å². The quantitative estimate of drug-likeness (QED) is 0.626. The SMILES string of the molecule is COc1ccc(C)cc1NC(=O)C1CCc2sc(NC(=O)c3ccc(C)cc3)nc21. The number of anilines is 2. The average Bonchev–Trinajstić information content (AvgIpc) is 3.28. The highest BCUT2D eigenvalue weighted by Crippen LogP contribution is 2.39. The Balaban J connectivity index is 1.49. The largest absolute Gasteiger partial charge is 0.495 e. The van der Waals surface area contributed by atoms with E-state index in [-0.39, 0.29) is 17.7 Å². The van der Waals surface area contributed by atoms with Gasteiger partial charge in [0.2, 0.25) is 5.91 Å². The molecule has 3 aromatic rings. The van der Waals surface area contributed by atoms with Gasteiger partial charge in [0.15, 0.2) is 5.13 Å². The molecule has 1 aliphatic carbocycles. The van der Waals surface area contributed by atoms with Crippen LogP contribution in [0, 0.1) is 13.8 Å². The van der Waals surface area contributed by atoms with Crippen LogP contribution in [0.2, 0.25) is 0 Å². The smallest absolute Gasteiger partial charge is 0.257 e. The number of carbonyl (C=O) groups is 2. The van der Waals surface area contributed by atoms with Crippen molar-refractivity contribution in [1.82, 2.24) is 4.98 Å². The number of thiazole rings is 1. The van der Waals surface area contributed by atoms with E-state index in [2.05, 4.69) is 15.6 Å². The van der Waals surface area contributed by atoms with Gasteiger partial charge in [-0.05, 0) is 56.5 Å². The Morgan fingerprint density at radius 3 is 2.53 bits per heavy atom. The zero-order valence-corrected chi connectivity index (χ0v) is 17.9. The van der Waals surface area contributed by atoms with Gasteiger partial charge in [0.1, 0.15) is 5.75 Å². The van der Waals surface area contributed by atoms with Crippen LogP contribution in [0.15, 0.2) is 42.5 Å². The summed E-state index contributed by atoms with van der Waals surface area (Å²) in [5, 5.41) is 6.36. The minimum atomic E-state index is -0.341. The first-order chi connectivity index (χ1) is 14.4. The van der Waals surface area contributed by atoms with Crippen molar-refractivity contribution < 1.29 is 14.3 Å². The summed E-state index contributed by atoms with van der Waals surface area (Å²) in [5.41, 5.74) is 4.12. The Morgan fingerprint density at radius 2 is 1.80 bits per heavy atom. The fraction of sp³-hybridized carbons (Fsp3) is 0.261. The number of rotatable bonds is 5. The third-order valence-corrected chi connectivity index (χ3v) is 6.23. The van der Waals surface area contributed by atoms with Crippen LogP contribution < -0.4 is 15.4 Å². The van der Waals surface area contributed by atoms with Crippen molar-refractivity contribution in [1.29, 1.82) is 0 Å². The molecule has 0 spiro atoms. The molecule has 0 radical (unpaired) electrons. The van der Waals surface area contributed by atoms with Crippen molar-refractivity contribution in [3.05, 3.63) is 69.7 Å². The highest BCUT2D eigenvalue weighted by Gasteiger charge is 2.33. The molecular weight excluding hydrogens is 398 g/mol. The van der Waals surface area contributed by atoms with Crippen molar-refractivity contribution in [2.24, 2.45) is 0 Å². The number of hydrogen-bond acceptors (Lipinski definition) is 5. The molecule has 0 fully saturated rings. The molecule has 0 aliphatic heterocycles. The van der Waals surface area contributed by atoms with Gasteiger partial charge in [-0.3, -0.25) is 14.9 Å². The Bertz CT molecular complexity index is 1110. The number of hydrogen-bond donors (Lipinski definition) is 2. The molecule has 1 heterocycles. The van der Waals surface area contributed by atoms with E-state index in [4.69, 9.17) is 4.74 Å². The maximum absolute atomic E-state index is 13.0. The Labute approximate surface area is 179 Å². The second kappa shape index (κ2) is 8.28. The van der Waals surface area contributed by atoms with Gasteiger partial charge in [-0.15, -0.1) is 11.3 Å². The maximum Gasteiger partial charge on any atom is 0.257 e. The fourth-order valence-electron chi connectivity index (χ4n) is 3.55. The monoisotopic (exact) mass is 421 g/mol. The minimum Gasteiger partial charge on any atom is -0.495 e. The van der Waals surface area contributed by atoms with Crippen LogP contribution in [-0.4, -0.2) is 23.9 Å². The molecule has 0 saturated carbocycles. The first-order valence-electron chi connectivity index (χ1n) is 9.77. The Morgan fingerprint density at radius 1 is 1.07 bits per heavy atom. The first kappa shape index (κ1) is 20.1. The maximum atomic E-state index is 13.0. The predicted molar refractivity (Wildman–Crippen MR) is 119 cm³/mol. The third kappa shape index (κ3) is 4.07. The summed E-state index contributed by atoms with van der Waals surface area (Å²) in [5.74, 6) is -0.0322. The van der Waals surface area contributed by atoms with Gasteiger partial charge in [0.25, 0.3) is 5.91 Å². The first-order valence-corrected chi connectivity index (χ1v) is 10.6. The van der Waals surface area contributed by atoms with Gasteiger partial charge < -0.3 is 10.1 Å². The molecule has 0 bridgehead atoms. The number of aromatic nitrogens is 1. The van der Waals surface area contributed by atoms with Gasteiger partial charge in [-0.25, -0.2) is 4.98 Å². The molecule has 2 amide bonds. The Kier molecular flexibility index (Phi) is 5.55. The van der Waals surface area contributed by atoms with E-state index >= 15 is 0 Å². The summed E-state index contributed by atoms with van der Waals surface area (Å²) in [6.45, 7) is 3.94. The van der Waals surface area contributed by atoms with Crippen LogP contribution in [0.4, 0.5) is 10.8 Å². The van der Waals surface area contributed by atoms with Gasteiger partial charge in [-0.1, -0.05) is 23.8 Å². The number of amides is 2. The summed E-state index contributed by atoms with van der Waals surface area (Å²) < 4.78 is 5.35. The molecule has 2 aromatic carbocycles. The van der Waals surface area contributed by atoms with E-state index in [1.54, 1.807) is 19.2 Å². The van der Waals surface area contributed by atoms with Gasteiger partial charge >= 0.3 is 0 Å². The topological polar surface area (TPSA) is 80.3 Å². The molecule has 6 nitrogen and oxygen atoms in total. The normalized spacial score (nSPS) is 14.8. The molecule has 1 unspecified atom stereocenters. The van der Waals surface area contributed by atoms with E-state index in [1.807, 2.05) is 44.2 Å². The number of carbonyl (C=O) groups excluding carboxylic acids is 2. The van der Waals surface area contributed by atoms with Crippen LogP contribution >= 0.6 is 11.3 Å². The lowest BCUT2D eigenvalue weighted by Gasteiger charge is -2.14. The predicted octanol–water partition coefficient (Wildman–Crippen LogP) is 4.69. The molecule has 1 atom stereocenters. The summed E-state index contributed by atoms with van der Waals surface area (Å²) in [6.07, 6.45) is 1.48. The zero-order chi connectivity index (χ0) is 21.3. The summed E-state index contributed by atoms with van der Waals surface area (Å²) >= 11 is 1.44. The van der Waals surface area contributed by atoms with Crippen LogP contribution in [-0.2, 0) is 11.2 Å². The van der Waals surface area contributed by atoms with Crippen LogP contribution in [0.5, 0.6) is 5.75 Å². The van der Waals surface area contributed by atoms with E-state index in [9.17, 15) is 9.59 Å². The lowest BCUT2D eigenvalue weighted by atomic mass is 10.1. The van der Waals surface area contributed by atoms with E-state index < -0.39 is 0 Å². The average molecular weight is 422 g/mol. The highest BCUT2D eigenvalue weighted by atomic mass is 32.1. The number of nitrogens with zero attached hydrogens (tertiary/aromatic N) is 1. The zero-order valence-electron chi connectivity index (χ0n) is 17.1. The fourth-order valence-corrected chi connectivity index (χ4v) is 4.58. The number of methoxy groups -OCH3 is 1. The van der Waals surface area contributed by atoms with Crippen LogP contribution in [0.25, 0.3) is 0 Å². The molecule has 30 heavy (non-hydrogen) atoms. The van der Waals surface area contributed by atoms with Crippen molar-refractivity contribution in [3.63, 3.8) is 0 Å². The number of benzene rings is 2. The molecule has 1 aliphatic rings. The molecule has 1 aromatic heterocycles. The highest BCUT2D eigenvalue weighted by molar-refractivity contribution is 7.16. The molecule has 0 saturated heterocycles. The molecule has 7 heteroatoms. The summed E-state index contributed by atoms with van der Waals surface area (Å²) in [7, 11) is 1.58. The summed E-state index contributed by atoms with van der Waals surface area (Å²) in [4.78, 5) is 31.0. The second-order valence-corrected chi connectivity index (χ2v) is 8.52. The number of ether oxygens (including phenoxy) is 1. The molecule has 4 rings (SSSR count). The molecule has 2 N–H and O–H groups in total. The van der Waals surface area contributed by atoms with Crippen molar-refractivity contribution in [2.75, 3.05) is 17.7 Å². The van der Waals surface area contributed by atoms with E-state index in [0.29, 0.717) is 28.6 Å². The lowest BCUT2D eigenvalue weighted by Crippen LogP contribution is -2.20. The van der Waals surface area contributed by atoms with Crippen LogP contribution in [0.1, 0.15) is 44.4 Å². The van der Waals surface area contributed by atoms with Crippen molar-refractivity contribution >= 4 is 34.0 Å². The second-order valence-electron chi connectivity index (χ2n) is 7.43. The molecule has 154 valence electrons. The Hall–Kier alpha value is -3.19.